The number of hydrogen-bond donors (Lipinski definition) is 2. The highest BCUT2D eigenvalue weighted by molar-refractivity contribution is 5.91. The number of fused-ring (bicyclic) bond motifs is 5. The van der Waals surface area contributed by atoms with E-state index in [9.17, 15) is 9.90 Å². The van der Waals surface area contributed by atoms with Gasteiger partial charge in [0.05, 0.1) is 6.10 Å². The van der Waals surface area contributed by atoms with Gasteiger partial charge in [0.2, 0.25) is 0 Å². The van der Waals surface area contributed by atoms with Crippen molar-refractivity contribution >= 4 is 5.78 Å². The van der Waals surface area contributed by atoms with E-state index in [1.807, 2.05) is 6.08 Å². The van der Waals surface area contributed by atoms with Crippen molar-refractivity contribution in [3.05, 3.63) is 11.6 Å². The Labute approximate surface area is 146 Å². The second-order valence-electron chi connectivity index (χ2n) is 8.92. The summed E-state index contributed by atoms with van der Waals surface area (Å²) in [5.74, 6) is 2.57. The van der Waals surface area contributed by atoms with Gasteiger partial charge in [-0.05, 0) is 86.5 Å². The lowest BCUT2D eigenvalue weighted by Gasteiger charge is -2.57. The monoisotopic (exact) mass is 334 g/mol. The van der Waals surface area contributed by atoms with Crippen LogP contribution in [0.3, 0.4) is 0 Å². The van der Waals surface area contributed by atoms with E-state index >= 15 is 0 Å². The van der Waals surface area contributed by atoms with Gasteiger partial charge in [0.1, 0.15) is 0 Å². The lowest BCUT2D eigenvalue weighted by Crippen LogP contribution is -2.51. The number of hydrogen-bond acceptors (Lipinski definition) is 3. The van der Waals surface area contributed by atoms with Gasteiger partial charge in [-0.1, -0.05) is 19.4 Å². The van der Waals surface area contributed by atoms with Gasteiger partial charge >= 0.3 is 0 Å². The van der Waals surface area contributed by atoms with E-state index in [4.69, 9.17) is 5.11 Å². The maximum absolute atomic E-state index is 11.8. The second kappa shape index (κ2) is 6.57. The lowest BCUT2D eigenvalue weighted by molar-refractivity contribution is -0.118. The first kappa shape index (κ1) is 18.1. The number of aliphatic hydroxyl groups is 2. The van der Waals surface area contributed by atoms with Crippen LogP contribution in [0.5, 0.6) is 0 Å². The predicted octanol–water partition coefficient (Wildman–Crippen LogP) is 3.88. The summed E-state index contributed by atoms with van der Waals surface area (Å²) in [6.45, 7) is 6.69. The van der Waals surface area contributed by atoms with E-state index in [1.165, 1.54) is 31.3 Å². The third-order valence-corrected chi connectivity index (χ3v) is 7.91. The fraction of sp³-hybridized carbons (Fsp3) is 0.857. The molecule has 0 unspecified atom stereocenters. The van der Waals surface area contributed by atoms with Crippen LogP contribution in [0.25, 0.3) is 0 Å². The molecule has 0 amide bonds. The molecule has 2 N–H and O–H groups in total. The summed E-state index contributed by atoms with van der Waals surface area (Å²) in [5, 5.41) is 18.0. The molecule has 0 aromatic rings. The quantitative estimate of drug-likeness (QED) is 0.707. The third kappa shape index (κ3) is 2.68. The Morgan fingerprint density at radius 1 is 1.08 bits per heavy atom. The molecule has 3 saturated carbocycles. The largest absolute Gasteiger partial charge is 0.397 e. The highest BCUT2D eigenvalue weighted by atomic mass is 16.3. The molecule has 136 valence electrons. The van der Waals surface area contributed by atoms with E-state index < -0.39 is 0 Å². The summed E-state index contributed by atoms with van der Waals surface area (Å²) in [5.41, 5.74) is 1.89. The number of carbonyl (C=O) groups excluding carboxylic acids is 1. The first-order valence-corrected chi connectivity index (χ1v) is 9.89. The van der Waals surface area contributed by atoms with E-state index in [0.717, 1.165) is 37.5 Å². The van der Waals surface area contributed by atoms with Gasteiger partial charge in [-0.2, -0.15) is 0 Å². The predicted molar refractivity (Wildman–Crippen MR) is 95.5 cm³/mol. The summed E-state index contributed by atoms with van der Waals surface area (Å²) in [4.78, 5) is 11.8. The van der Waals surface area contributed by atoms with Crippen molar-refractivity contribution < 1.29 is 15.0 Å². The molecule has 4 aliphatic carbocycles. The molecule has 0 radical (unpaired) electrons. The van der Waals surface area contributed by atoms with E-state index in [2.05, 4.69) is 13.8 Å². The Balaban J connectivity index is 0.000000526. The number of ketones is 1. The Morgan fingerprint density at radius 3 is 2.50 bits per heavy atom. The fourth-order valence-electron chi connectivity index (χ4n) is 6.53. The molecular weight excluding hydrogens is 300 g/mol. The van der Waals surface area contributed by atoms with Crippen LogP contribution in [-0.4, -0.2) is 28.7 Å². The molecule has 6 atom stereocenters. The van der Waals surface area contributed by atoms with Gasteiger partial charge in [-0.3, -0.25) is 4.79 Å². The summed E-state index contributed by atoms with van der Waals surface area (Å²) >= 11 is 0. The van der Waals surface area contributed by atoms with Crippen molar-refractivity contribution in [2.24, 2.45) is 28.6 Å². The maximum Gasteiger partial charge on any atom is 0.155 e. The maximum atomic E-state index is 11.8. The molecule has 0 bridgehead atoms. The van der Waals surface area contributed by atoms with Crippen LogP contribution >= 0.6 is 0 Å². The van der Waals surface area contributed by atoms with Gasteiger partial charge < -0.3 is 10.2 Å². The van der Waals surface area contributed by atoms with Crippen molar-refractivity contribution in [2.45, 2.75) is 78.2 Å². The van der Waals surface area contributed by atoms with Crippen LogP contribution in [-0.2, 0) is 4.79 Å². The van der Waals surface area contributed by atoms with Crippen molar-refractivity contribution in [3.8, 4) is 0 Å². The fourth-order valence-corrected chi connectivity index (χ4v) is 6.53. The number of carbonyl (C=O) groups is 1. The van der Waals surface area contributed by atoms with Crippen LogP contribution in [0.2, 0.25) is 0 Å². The number of aliphatic hydroxyl groups excluding tert-OH is 2. The summed E-state index contributed by atoms with van der Waals surface area (Å²) in [6, 6.07) is 0. The van der Waals surface area contributed by atoms with Crippen molar-refractivity contribution in [1.29, 1.82) is 0 Å². The van der Waals surface area contributed by atoms with Gasteiger partial charge in [-0.25, -0.2) is 0 Å². The number of rotatable bonds is 0. The molecule has 24 heavy (non-hydrogen) atoms. The first-order chi connectivity index (χ1) is 11.4. The molecule has 3 heteroatoms. The van der Waals surface area contributed by atoms with Crippen LogP contribution in [0, 0.1) is 28.6 Å². The SMILES string of the molecule is CCO.C[C@]12CC[C@H]3[C@@H](CCC4=CC(=O)CC[C@@]43C)[C@@H]1CC[C@@H]2O. The van der Waals surface area contributed by atoms with Crippen LogP contribution < -0.4 is 0 Å². The lowest BCUT2D eigenvalue weighted by atomic mass is 9.47. The molecule has 0 aromatic heterocycles. The second-order valence-corrected chi connectivity index (χ2v) is 8.92. The summed E-state index contributed by atoms with van der Waals surface area (Å²) in [6.07, 6.45) is 10.7. The molecule has 4 rings (SSSR count). The zero-order valence-electron chi connectivity index (χ0n) is 15.6. The topological polar surface area (TPSA) is 57.5 Å². The molecule has 3 fully saturated rings. The zero-order valence-corrected chi connectivity index (χ0v) is 15.6. The standard InChI is InChI=1S/C19H28O2.C2H6O/c1-18-9-7-13(20)11-12(18)3-4-14-15-5-6-17(21)19(15,2)10-8-16(14)18;1-2-3/h11,14-17,21H,3-10H2,1-2H3;3H,2H2,1H3/t14-,15-,16-,17-,18-,19-;/m0./s1. The Hall–Kier alpha value is -0.670. The van der Waals surface area contributed by atoms with Crippen LogP contribution in [0.1, 0.15) is 72.1 Å². The Kier molecular flexibility index (Phi) is 4.96. The highest BCUT2D eigenvalue weighted by Gasteiger charge is 2.58. The van der Waals surface area contributed by atoms with Gasteiger partial charge in [0, 0.05) is 13.0 Å². The van der Waals surface area contributed by atoms with E-state index in [-0.39, 0.29) is 23.5 Å². The van der Waals surface area contributed by atoms with Crippen molar-refractivity contribution in [1.82, 2.24) is 0 Å². The molecule has 3 nitrogen and oxygen atoms in total. The minimum absolute atomic E-state index is 0.0823. The normalized spacial score (nSPS) is 46.9. The van der Waals surface area contributed by atoms with Crippen molar-refractivity contribution in [2.75, 3.05) is 6.61 Å². The number of allylic oxidation sites excluding steroid dienone is 1. The van der Waals surface area contributed by atoms with Crippen LogP contribution in [0.15, 0.2) is 11.6 Å². The van der Waals surface area contributed by atoms with E-state index in [0.29, 0.717) is 11.7 Å². The first-order valence-electron chi connectivity index (χ1n) is 9.89. The molecule has 0 heterocycles. The van der Waals surface area contributed by atoms with Crippen molar-refractivity contribution in [3.63, 3.8) is 0 Å². The molecule has 0 saturated heterocycles. The zero-order chi connectivity index (χ0) is 17.5. The average molecular weight is 335 g/mol. The smallest absolute Gasteiger partial charge is 0.155 e. The minimum Gasteiger partial charge on any atom is -0.397 e. The summed E-state index contributed by atoms with van der Waals surface area (Å²) < 4.78 is 0. The van der Waals surface area contributed by atoms with Gasteiger partial charge in [0.15, 0.2) is 5.78 Å². The van der Waals surface area contributed by atoms with E-state index in [1.54, 1.807) is 6.92 Å². The highest BCUT2D eigenvalue weighted by Crippen LogP contribution is 2.65. The van der Waals surface area contributed by atoms with Gasteiger partial charge in [0.25, 0.3) is 0 Å². The molecule has 4 aliphatic rings. The Bertz CT molecular complexity index is 525. The molecule has 0 spiro atoms. The third-order valence-electron chi connectivity index (χ3n) is 7.91. The minimum atomic E-state index is -0.0823. The summed E-state index contributed by atoms with van der Waals surface area (Å²) in [7, 11) is 0. The molecule has 0 aliphatic heterocycles. The molecule has 0 aromatic carbocycles. The Morgan fingerprint density at radius 2 is 1.79 bits per heavy atom. The van der Waals surface area contributed by atoms with Crippen LogP contribution in [0.4, 0.5) is 0 Å². The molecular formula is C21H34O3. The average Bonchev–Trinajstić information content (AvgIpc) is 2.84. The van der Waals surface area contributed by atoms with Gasteiger partial charge in [-0.15, -0.1) is 0 Å².